The second kappa shape index (κ2) is 11.0. The molecule has 0 unspecified atom stereocenters. The molecule has 0 aromatic heterocycles. The smallest absolute Gasteiger partial charge is 1.00 e. The van der Waals surface area contributed by atoms with Crippen molar-refractivity contribution >= 4 is 11.0 Å². The van der Waals surface area contributed by atoms with Crippen LogP contribution in [0, 0.1) is 6.08 Å². The van der Waals surface area contributed by atoms with Gasteiger partial charge in [0.15, 0.2) is 0 Å². The molecule has 0 spiro atoms. The van der Waals surface area contributed by atoms with Crippen LogP contribution in [0.4, 0.5) is 0 Å². The Balaban J connectivity index is -0.0000000612. The van der Waals surface area contributed by atoms with Crippen LogP contribution in [0.3, 0.4) is 0 Å². The summed E-state index contributed by atoms with van der Waals surface area (Å²) in [5.74, 6) is 0. The first-order chi connectivity index (χ1) is 3.30. The van der Waals surface area contributed by atoms with Gasteiger partial charge >= 0.3 is 21.7 Å². The van der Waals surface area contributed by atoms with Crippen molar-refractivity contribution < 1.29 is 46.5 Å². The molecule has 0 aromatic rings. The van der Waals surface area contributed by atoms with E-state index < -0.39 is 0 Å². The van der Waals surface area contributed by atoms with Gasteiger partial charge in [-0.25, -0.2) is 11.1 Å². The second-order valence-electron chi connectivity index (χ2n) is 1.89. The average molecular weight is 243 g/mol. The molecule has 0 amide bonds. The van der Waals surface area contributed by atoms with E-state index >= 15 is 0 Å². The summed E-state index contributed by atoms with van der Waals surface area (Å²) in [6.07, 6.45) is 6.41. The first kappa shape index (κ1) is 22.7. The van der Waals surface area contributed by atoms with Gasteiger partial charge in [-0.05, 0) is 11.0 Å². The number of rotatable bonds is 0. The predicted molar refractivity (Wildman–Crippen MR) is 40.7 cm³/mol. The standard InChI is InChI=1S/C7H9.2ClH.H3Si.Ti/c1-6-4-3-5-7(6)2;;;;/h4H,3H2,1-2H3;2*1H;1H3;/q-1;;;;+3/p-2. The molecule has 0 saturated heterocycles. The Morgan fingerprint density at radius 1 is 1.27 bits per heavy atom. The molecule has 4 heteroatoms. The molecule has 11 heavy (non-hydrogen) atoms. The Morgan fingerprint density at radius 2 is 1.73 bits per heavy atom. The van der Waals surface area contributed by atoms with Crippen molar-refractivity contribution in [1.82, 2.24) is 0 Å². The van der Waals surface area contributed by atoms with Gasteiger partial charge in [-0.2, -0.15) is 6.08 Å². The first-order valence-electron chi connectivity index (χ1n) is 2.55. The van der Waals surface area contributed by atoms with E-state index in [4.69, 9.17) is 0 Å². The van der Waals surface area contributed by atoms with Gasteiger partial charge in [0.2, 0.25) is 0 Å². The fraction of sp³-hybridized carbons (Fsp3) is 0.429. The molecule has 0 N–H and O–H groups in total. The molecule has 62 valence electrons. The number of allylic oxidation sites excluding steroid dienone is 4. The zero-order valence-corrected chi connectivity index (χ0v) is 12.1. The molecular weight excluding hydrogens is 231 g/mol. The van der Waals surface area contributed by atoms with E-state index in [1.807, 2.05) is 0 Å². The molecule has 1 rings (SSSR count). The van der Waals surface area contributed by atoms with Gasteiger partial charge in [-0.15, -0.1) is 13.3 Å². The summed E-state index contributed by atoms with van der Waals surface area (Å²) in [7, 11) is 0. The Hall–Kier alpha value is 0.991. The van der Waals surface area contributed by atoms with Crippen molar-refractivity contribution in [3.05, 3.63) is 23.3 Å². The van der Waals surface area contributed by atoms with Crippen molar-refractivity contribution in [2.24, 2.45) is 0 Å². The van der Waals surface area contributed by atoms with E-state index in [1.54, 1.807) is 0 Å². The molecule has 0 nitrogen and oxygen atoms in total. The number of hydrogen-bond acceptors (Lipinski definition) is 0. The average Bonchev–Trinajstić information content (AvgIpc) is 1.91. The molecule has 0 atom stereocenters. The zero-order chi connectivity index (χ0) is 5.28. The molecule has 0 aliphatic heterocycles. The van der Waals surface area contributed by atoms with Crippen molar-refractivity contribution in [2.45, 2.75) is 20.3 Å². The fourth-order valence-corrected chi connectivity index (χ4v) is 0.650. The molecule has 0 fully saturated rings. The first-order valence-corrected chi connectivity index (χ1v) is 2.55. The van der Waals surface area contributed by atoms with Crippen LogP contribution in [0.1, 0.15) is 20.3 Å². The summed E-state index contributed by atoms with van der Waals surface area (Å²) in [5.41, 5.74) is 2.71. The van der Waals surface area contributed by atoms with Crippen LogP contribution < -0.4 is 24.8 Å². The van der Waals surface area contributed by atoms with E-state index in [0.717, 1.165) is 6.42 Å². The minimum absolute atomic E-state index is 0. The summed E-state index contributed by atoms with van der Waals surface area (Å²) in [6.45, 7) is 4.22. The molecular formula is C7H12Cl2SiTi. The summed E-state index contributed by atoms with van der Waals surface area (Å²) >= 11 is 0. The van der Waals surface area contributed by atoms with E-state index in [-0.39, 0.29) is 57.5 Å². The Bertz CT molecular complexity index is 127. The number of hydrogen-bond donors (Lipinski definition) is 0. The van der Waals surface area contributed by atoms with Gasteiger partial charge in [0.1, 0.15) is 0 Å². The summed E-state index contributed by atoms with van der Waals surface area (Å²) in [5, 5.41) is 0. The molecule has 1 aliphatic rings. The second-order valence-corrected chi connectivity index (χ2v) is 1.89. The van der Waals surface area contributed by atoms with Crippen molar-refractivity contribution in [2.75, 3.05) is 0 Å². The monoisotopic (exact) mass is 242 g/mol. The van der Waals surface area contributed by atoms with Crippen molar-refractivity contribution in [3.63, 3.8) is 0 Å². The van der Waals surface area contributed by atoms with Crippen LogP contribution in [0.5, 0.6) is 0 Å². The van der Waals surface area contributed by atoms with E-state index in [9.17, 15) is 0 Å². The number of halogens is 2. The van der Waals surface area contributed by atoms with Crippen molar-refractivity contribution in [1.29, 1.82) is 0 Å². The van der Waals surface area contributed by atoms with Gasteiger partial charge in [0, 0.05) is 0 Å². The Kier molecular flexibility index (Phi) is 22.7. The predicted octanol–water partition coefficient (Wildman–Crippen LogP) is -5.09. The van der Waals surface area contributed by atoms with Gasteiger partial charge in [-0.3, -0.25) is 6.08 Å². The molecule has 0 heterocycles. The van der Waals surface area contributed by atoms with Crippen LogP contribution in [-0.4, -0.2) is 11.0 Å². The third kappa shape index (κ3) is 7.36. The van der Waals surface area contributed by atoms with Gasteiger partial charge in [0.05, 0.1) is 0 Å². The quantitative estimate of drug-likeness (QED) is 0.295. The Morgan fingerprint density at radius 3 is 1.82 bits per heavy atom. The van der Waals surface area contributed by atoms with Crippen LogP contribution in [0.15, 0.2) is 17.2 Å². The third-order valence-corrected chi connectivity index (χ3v) is 1.37. The Labute approximate surface area is 101 Å². The van der Waals surface area contributed by atoms with E-state index in [1.165, 1.54) is 11.1 Å². The van der Waals surface area contributed by atoms with Crippen LogP contribution in [0.2, 0.25) is 0 Å². The summed E-state index contributed by atoms with van der Waals surface area (Å²) in [4.78, 5) is 0. The van der Waals surface area contributed by atoms with Crippen LogP contribution >= 0.6 is 0 Å². The van der Waals surface area contributed by atoms with Crippen molar-refractivity contribution in [3.8, 4) is 0 Å². The van der Waals surface area contributed by atoms with Gasteiger partial charge in [0.25, 0.3) is 0 Å². The van der Waals surface area contributed by atoms with Gasteiger partial charge < -0.3 is 24.8 Å². The minimum atomic E-state index is 0. The maximum absolute atomic E-state index is 3.19. The van der Waals surface area contributed by atoms with E-state index in [2.05, 4.69) is 26.0 Å². The van der Waals surface area contributed by atoms with Gasteiger partial charge in [-0.1, -0.05) is 6.92 Å². The maximum Gasteiger partial charge on any atom is 3.00 e. The molecule has 1 aliphatic carbocycles. The minimum Gasteiger partial charge on any atom is -1.00 e. The van der Waals surface area contributed by atoms with E-state index in [0.29, 0.717) is 0 Å². The third-order valence-electron chi connectivity index (χ3n) is 1.37. The largest absolute Gasteiger partial charge is 3.00 e. The maximum atomic E-state index is 3.19. The van der Waals surface area contributed by atoms with Crippen LogP contribution in [0.25, 0.3) is 0 Å². The topological polar surface area (TPSA) is 0 Å². The molecule has 0 aromatic carbocycles. The van der Waals surface area contributed by atoms with Crippen LogP contribution in [-0.2, 0) is 21.7 Å². The zero-order valence-electron chi connectivity index (χ0n) is 7.04. The fourth-order valence-electron chi connectivity index (χ4n) is 0.650. The molecule has 0 saturated carbocycles. The summed E-state index contributed by atoms with van der Waals surface area (Å²) in [6, 6.07) is 0. The molecule has 0 bridgehead atoms. The normalized spacial score (nSPS) is 12.2. The SMILES string of the molecule is CC1=[C-]CC=C1C.[Cl-].[Cl-].[SiH3].[Ti+3]. The molecule has 2 radical (unpaired) electrons. The summed E-state index contributed by atoms with van der Waals surface area (Å²) < 4.78 is 0.